The van der Waals surface area contributed by atoms with Crippen molar-refractivity contribution in [2.45, 2.75) is 20.3 Å². The van der Waals surface area contributed by atoms with Gasteiger partial charge in [-0.25, -0.2) is 0 Å². The minimum absolute atomic E-state index is 0.576. The highest BCUT2D eigenvalue weighted by molar-refractivity contribution is 8.02. The van der Waals surface area contributed by atoms with Crippen LogP contribution in [0, 0.1) is 0 Å². The van der Waals surface area contributed by atoms with Gasteiger partial charge in [0.2, 0.25) is 0 Å². The molecule has 0 aliphatic rings. The van der Waals surface area contributed by atoms with Crippen molar-refractivity contribution in [1.29, 1.82) is 0 Å². The first-order chi connectivity index (χ1) is 4.31. The third kappa shape index (κ3) is 5.63. The van der Waals surface area contributed by atoms with Gasteiger partial charge in [0.05, 0.1) is 0 Å². The van der Waals surface area contributed by atoms with Crippen molar-refractivity contribution in [2.24, 2.45) is 0 Å². The van der Waals surface area contributed by atoms with Crippen molar-refractivity contribution in [1.82, 2.24) is 0 Å². The smallest absolute Gasteiger partial charge is 0.124 e. The molecule has 52 valence electrons. The Balaban J connectivity index is 3.42. The minimum Gasteiger partial charge on any atom is -0.303 e. The Labute approximate surface area is 60.5 Å². The second-order valence-corrected chi connectivity index (χ2v) is 2.94. The molecule has 0 heterocycles. The molecule has 0 aliphatic heterocycles. The average Bonchev–Trinajstić information content (AvgIpc) is 1.85. The lowest BCUT2D eigenvalue weighted by atomic mass is 10.3. The summed E-state index contributed by atoms with van der Waals surface area (Å²) in [5, 5.41) is 2.04. The Morgan fingerprint density at radius 1 is 1.67 bits per heavy atom. The van der Waals surface area contributed by atoms with E-state index in [0.717, 1.165) is 17.6 Å². The summed E-state index contributed by atoms with van der Waals surface area (Å²) in [4.78, 5) is 9.93. The van der Waals surface area contributed by atoms with Gasteiger partial charge in [-0.1, -0.05) is 12.5 Å². The average molecular weight is 144 g/mol. The first-order valence-corrected chi connectivity index (χ1v) is 4.07. The van der Waals surface area contributed by atoms with Crippen LogP contribution in [0.4, 0.5) is 0 Å². The van der Waals surface area contributed by atoms with Gasteiger partial charge < -0.3 is 4.79 Å². The first-order valence-electron chi connectivity index (χ1n) is 3.02. The molecule has 0 spiro atoms. The molecule has 0 unspecified atom stereocenters. The van der Waals surface area contributed by atoms with Gasteiger partial charge in [-0.15, -0.1) is 11.8 Å². The lowest BCUT2D eigenvalue weighted by Gasteiger charge is -1.90. The molecule has 0 bridgehead atoms. The Bertz CT molecular complexity index is 107. The molecule has 0 atom stereocenters. The Hall–Kier alpha value is -0.240. The maximum Gasteiger partial charge on any atom is 0.124 e. The molecule has 0 radical (unpaired) electrons. The SMILES string of the molecule is CCS/C=C(\C)CC=O. The van der Waals surface area contributed by atoms with Gasteiger partial charge in [-0.2, -0.15) is 0 Å². The normalized spacial score (nSPS) is 11.6. The van der Waals surface area contributed by atoms with E-state index in [2.05, 4.69) is 6.92 Å². The summed E-state index contributed by atoms with van der Waals surface area (Å²) >= 11 is 1.74. The summed E-state index contributed by atoms with van der Waals surface area (Å²) in [6.45, 7) is 4.06. The number of rotatable bonds is 4. The summed E-state index contributed by atoms with van der Waals surface area (Å²) in [5.41, 5.74) is 1.15. The third-order valence-electron chi connectivity index (χ3n) is 0.856. The summed E-state index contributed by atoms with van der Waals surface area (Å²) in [7, 11) is 0. The van der Waals surface area contributed by atoms with Crippen LogP contribution in [0.5, 0.6) is 0 Å². The highest BCUT2D eigenvalue weighted by Gasteiger charge is 1.84. The second-order valence-electron chi connectivity index (χ2n) is 1.79. The number of carbonyl (C=O) groups is 1. The van der Waals surface area contributed by atoms with Crippen LogP contribution in [0.25, 0.3) is 0 Å². The van der Waals surface area contributed by atoms with Gasteiger partial charge in [-0.05, 0) is 18.1 Å². The summed E-state index contributed by atoms with van der Waals surface area (Å²) < 4.78 is 0. The molecule has 0 aromatic rings. The molecule has 0 rings (SSSR count). The Morgan fingerprint density at radius 3 is 2.78 bits per heavy atom. The van der Waals surface area contributed by atoms with Gasteiger partial charge in [0.25, 0.3) is 0 Å². The maximum atomic E-state index is 9.93. The predicted molar refractivity (Wildman–Crippen MR) is 42.6 cm³/mol. The highest BCUT2D eigenvalue weighted by Crippen LogP contribution is 2.07. The number of carbonyl (C=O) groups excluding carboxylic acids is 1. The fraction of sp³-hybridized carbons (Fsp3) is 0.571. The number of hydrogen-bond acceptors (Lipinski definition) is 2. The summed E-state index contributed by atoms with van der Waals surface area (Å²) in [6, 6.07) is 0. The van der Waals surface area contributed by atoms with E-state index in [-0.39, 0.29) is 0 Å². The van der Waals surface area contributed by atoms with E-state index in [4.69, 9.17) is 0 Å². The van der Waals surface area contributed by atoms with Gasteiger partial charge >= 0.3 is 0 Å². The fourth-order valence-corrected chi connectivity index (χ4v) is 0.953. The summed E-state index contributed by atoms with van der Waals surface area (Å²) in [6.07, 6.45) is 1.51. The predicted octanol–water partition coefficient (Wildman–Crippen LogP) is 2.23. The van der Waals surface area contributed by atoms with Gasteiger partial charge in [0.15, 0.2) is 0 Å². The molecular weight excluding hydrogens is 132 g/mol. The largest absolute Gasteiger partial charge is 0.303 e. The monoisotopic (exact) mass is 144 g/mol. The van der Waals surface area contributed by atoms with E-state index >= 15 is 0 Å². The number of thioether (sulfide) groups is 1. The minimum atomic E-state index is 0.576. The zero-order valence-corrected chi connectivity index (χ0v) is 6.70. The quantitative estimate of drug-likeness (QED) is 0.563. The molecule has 0 aliphatic carbocycles. The lowest BCUT2D eigenvalue weighted by molar-refractivity contribution is -0.107. The van der Waals surface area contributed by atoms with Crippen molar-refractivity contribution in [3.05, 3.63) is 11.0 Å². The number of hydrogen-bond donors (Lipinski definition) is 0. The van der Waals surface area contributed by atoms with Crippen LogP contribution < -0.4 is 0 Å². The van der Waals surface area contributed by atoms with Crippen molar-refractivity contribution in [3.8, 4) is 0 Å². The second kappa shape index (κ2) is 5.89. The van der Waals surface area contributed by atoms with E-state index in [9.17, 15) is 4.79 Å². The van der Waals surface area contributed by atoms with Crippen molar-refractivity contribution in [3.63, 3.8) is 0 Å². The number of allylic oxidation sites excluding steroid dienone is 1. The van der Waals surface area contributed by atoms with Crippen LogP contribution in [0.1, 0.15) is 20.3 Å². The van der Waals surface area contributed by atoms with E-state index in [1.54, 1.807) is 11.8 Å². The van der Waals surface area contributed by atoms with Crippen LogP contribution >= 0.6 is 11.8 Å². The van der Waals surface area contributed by atoms with E-state index in [0.29, 0.717) is 6.42 Å². The maximum absolute atomic E-state index is 9.93. The van der Waals surface area contributed by atoms with Crippen molar-refractivity contribution in [2.75, 3.05) is 5.75 Å². The zero-order valence-electron chi connectivity index (χ0n) is 5.89. The molecule has 0 saturated carbocycles. The van der Waals surface area contributed by atoms with E-state index in [1.807, 2.05) is 12.3 Å². The first kappa shape index (κ1) is 8.76. The Kier molecular flexibility index (Phi) is 5.73. The number of aldehydes is 1. The van der Waals surface area contributed by atoms with E-state index in [1.165, 1.54) is 0 Å². The van der Waals surface area contributed by atoms with Gasteiger partial charge in [0, 0.05) is 6.42 Å². The van der Waals surface area contributed by atoms with Gasteiger partial charge in [0.1, 0.15) is 6.29 Å². The fourth-order valence-electron chi connectivity index (χ4n) is 0.405. The van der Waals surface area contributed by atoms with Gasteiger partial charge in [-0.3, -0.25) is 0 Å². The van der Waals surface area contributed by atoms with Crippen LogP contribution in [0.3, 0.4) is 0 Å². The standard InChI is InChI=1S/C7H12OS/c1-3-9-6-7(2)4-5-8/h5-6H,3-4H2,1-2H3/b7-6+. The molecule has 1 nitrogen and oxygen atoms in total. The zero-order chi connectivity index (χ0) is 7.11. The van der Waals surface area contributed by atoms with E-state index < -0.39 is 0 Å². The van der Waals surface area contributed by atoms with Crippen LogP contribution in [0.2, 0.25) is 0 Å². The molecular formula is C7H12OS. The highest BCUT2D eigenvalue weighted by atomic mass is 32.2. The third-order valence-corrected chi connectivity index (χ3v) is 1.76. The molecule has 0 N–H and O–H groups in total. The Morgan fingerprint density at radius 2 is 2.33 bits per heavy atom. The molecule has 2 heteroatoms. The molecule has 0 saturated heterocycles. The van der Waals surface area contributed by atoms with Crippen LogP contribution in [0.15, 0.2) is 11.0 Å². The molecule has 0 aromatic heterocycles. The molecule has 0 amide bonds. The topological polar surface area (TPSA) is 17.1 Å². The van der Waals surface area contributed by atoms with Crippen molar-refractivity contribution >= 4 is 18.0 Å². The molecule has 0 aromatic carbocycles. The molecule has 9 heavy (non-hydrogen) atoms. The van der Waals surface area contributed by atoms with Crippen LogP contribution in [-0.2, 0) is 4.79 Å². The molecule has 0 fully saturated rings. The summed E-state index contributed by atoms with van der Waals surface area (Å²) in [5.74, 6) is 1.08. The van der Waals surface area contributed by atoms with Crippen molar-refractivity contribution < 1.29 is 4.79 Å². The van der Waals surface area contributed by atoms with Crippen LogP contribution in [-0.4, -0.2) is 12.0 Å². The lowest BCUT2D eigenvalue weighted by Crippen LogP contribution is -1.75.